The second kappa shape index (κ2) is 7.50. The van der Waals surface area contributed by atoms with E-state index >= 15 is 0 Å². The summed E-state index contributed by atoms with van der Waals surface area (Å²) in [5.74, 6) is 0.110. The average molecular weight is 279 g/mol. The van der Waals surface area contributed by atoms with Crippen molar-refractivity contribution in [3.05, 3.63) is 30.1 Å². The van der Waals surface area contributed by atoms with Gasteiger partial charge in [-0.3, -0.25) is 9.78 Å². The minimum absolute atomic E-state index is 0.110. The quantitative estimate of drug-likeness (QED) is 0.830. The summed E-state index contributed by atoms with van der Waals surface area (Å²) in [7, 11) is 0. The van der Waals surface area contributed by atoms with Crippen LogP contribution in [0, 0.1) is 0 Å². The van der Waals surface area contributed by atoms with E-state index in [1.165, 1.54) is 12.8 Å². The van der Waals surface area contributed by atoms with Crippen LogP contribution in [0.25, 0.3) is 0 Å². The summed E-state index contributed by atoms with van der Waals surface area (Å²) in [6, 6.07) is 6.21. The molecule has 5 heteroatoms. The number of amides is 1. The number of nitrogens with one attached hydrogen (secondary N) is 2. The molecule has 2 N–H and O–H groups in total. The molecule has 1 amide bonds. The molecular formula is C14H21N3OS. The molecule has 1 aliphatic heterocycles. The first-order valence-corrected chi connectivity index (χ1v) is 8.01. The van der Waals surface area contributed by atoms with Crippen LogP contribution in [-0.4, -0.2) is 35.0 Å². The zero-order valence-corrected chi connectivity index (χ0v) is 12.1. The molecular weight excluding hydrogens is 258 g/mol. The molecule has 1 aromatic heterocycles. The molecule has 2 rings (SSSR count). The Balaban J connectivity index is 1.76. The number of carbonyl (C=O) groups excluding carboxylic acids is 1. The van der Waals surface area contributed by atoms with Gasteiger partial charge in [0.2, 0.25) is 5.91 Å². The van der Waals surface area contributed by atoms with Gasteiger partial charge in [0.1, 0.15) is 0 Å². The molecule has 0 bridgehead atoms. The predicted octanol–water partition coefficient (Wildman–Crippen LogP) is 1.57. The van der Waals surface area contributed by atoms with Crippen LogP contribution in [0.2, 0.25) is 0 Å². The summed E-state index contributed by atoms with van der Waals surface area (Å²) < 4.78 is 0. The van der Waals surface area contributed by atoms with Gasteiger partial charge in [-0.1, -0.05) is 6.07 Å². The number of thioether (sulfide) groups is 1. The Kier molecular flexibility index (Phi) is 5.66. The van der Waals surface area contributed by atoms with Crippen LogP contribution in [-0.2, 0) is 11.3 Å². The molecule has 0 spiro atoms. The van der Waals surface area contributed by atoms with Crippen molar-refractivity contribution >= 4 is 17.7 Å². The summed E-state index contributed by atoms with van der Waals surface area (Å²) in [6.07, 6.45) is 6.80. The number of aromatic nitrogens is 1. The summed E-state index contributed by atoms with van der Waals surface area (Å²) in [5, 5.41) is 6.79. The molecule has 0 aromatic carbocycles. The van der Waals surface area contributed by atoms with Crippen molar-refractivity contribution in [2.24, 2.45) is 0 Å². The number of pyridine rings is 1. The fourth-order valence-corrected chi connectivity index (χ4v) is 3.24. The van der Waals surface area contributed by atoms with Crippen LogP contribution in [0.4, 0.5) is 0 Å². The highest BCUT2D eigenvalue weighted by Crippen LogP contribution is 2.21. The lowest BCUT2D eigenvalue weighted by Gasteiger charge is -2.21. The van der Waals surface area contributed by atoms with Crippen molar-refractivity contribution in [1.82, 2.24) is 15.6 Å². The Morgan fingerprint density at radius 3 is 3.16 bits per heavy atom. The lowest BCUT2D eigenvalue weighted by Crippen LogP contribution is -2.37. The van der Waals surface area contributed by atoms with Crippen molar-refractivity contribution in [1.29, 1.82) is 0 Å². The normalized spacial score (nSPS) is 20.2. The molecule has 0 aliphatic carbocycles. The van der Waals surface area contributed by atoms with E-state index in [0.29, 0.717) is 24.3 Å². The van der Waals surface area contributed by atoms with Crippen molar-refractivity contribution in [3.63, 3.8) is 0 Å². The Bertz CT molecular complexity index is 393. The van der Waals surface area contributed by atoms with E-state index in [1.807, 2.05) is 18.2 Å². The standard InChI is InChI=1S/C14H21N3OS/c1-19-13(12-6-4-8-16-12)9-14(18)17-10-11-5-2-3-7-15-11/h2-3,5,7,12-13,16H,4,6,8-10H2,1H3,(H,17,18). The summed E-state index contributed by atoms with van der Waals surface area (Å²) in [6.45, 7) is 1.59. The molecule has 1 fully saturated rings. The maximum absolute atomic E-state index is 12.0. The summed E-state index contributed by atoms with van der Waals surface area (Å²) in [4.78, 5) is 16.2. The highest BCUT2D eigenvalue weighted by atomic mass is 32.2. The Hall–Kier alpha value is -1.07. The molecule has 1 aromatic rings. The van der Waals surface area contributed by atoms with E-state index in [-0.39, 0.29) is 5.91 Å². The zero-order chi connectivity index (χ0) is 13.5. The number of rotatable bonds is 6. The third kappa shape index (κ3) is 4.51. The Morgan fingerprint density at radius 2 is 2.53 bits per heavy atom. The molecule has 19 heavy (non-hydrogen) atoms. The van der Waals surface area contributed by atoms with Crippen LogP contribution >= 0.6 is 11.8 Å². The van der Waals surface area contributed by atoms with Gasteiger partial charge in [0, 0.05) is 23.9 Å². The highest BCUT2D eigenvalue weighted by Gasteiger charge is 2.25. The van der Waals surface area contributed by atoms with E-state index in [2.05, 4.69) is 21.9 Å². The number of hydrogen-bond donors (Lipinski definition) is 2. The molecule has 0 saturated carbocycles. The molecule has 0 radical (unpaired) electrons. The SMILES string of the molecule is CSC(CC(=O)NCc1ccccn1)C1CCCN1. The molecule has 1 aliphatic rings. The fourth-order valence-electron chi connectivity index (χ4n) is 2.37. The Labute approximate surface area is 118 Å². The molecule has 2 atom stereocenters. The van der Waals surface area contributed by atoms with Gasteiger partial charge < -0.3 is 10.6 Å². The lowest BCUT2D eigenvalue weighted by atomic mass is 10.1. The van der Waals surface area contributed by atoms with Crippen molar-refractivity contribution < 1.29 is 4.79 Å². The average Bonchev–Trinajstić information content (AvgIpc) is 2.97. The molecule has 1 saturated heterocycles. The maximum atomic E-state index is 12.0. The minimum Gasteiger partial charge on any atom is -0.350 e. The van der Waals surface area contributed by atoms with Gasteiger partial charge in [0.05, 0.1) is 12.2 Å². The van der Waals surface area contributed by atoms with Crippen LogP contribution in [0.1, 0.15) is 25.0 Å². The minimum atomic E-state index is 0.110. The third-order valence-electron chi connectivity index (χ3n) is 3.43. The number of nitrogens with zero attached hydrogens (tertiary/aromatic N) is 1. The maximum Gasteiger partial charge on any atom is 0.221 e. The lowest BCUT2D eigenvalue weighted by molar-refractivity contribution is -0.121. The number of carbonyl (C=O) groups is 1. The van der Waals surface area contributed by atoms with Gasteiger partial charge in [-0.25, -0.2) is 0 Å². The van der Waals surface area contributed by atoms with Crippen LogP contribution in [0.15, 0.2) is 24.4 Å². The van der Waals surface area contributed by atoms with Crippen LogP contribution in [0.3, 0.4) is 0 Å². The van der Waals surface area contributed by atoms with Crippen molar-refractivity contribution in [3.8, 4) is 0 Å². The molecule has 104 valence electrons. The third-order valence-corrected chi connectivity index (χ3v) is 4.53. The van der Waals surface area contributed by atoms with Crippen LogP contribution in [0.5, 0.6) is 0 Å². The summed E-state index contributed by atoms with van der Waals surface area (Å²) in [5.41, 5.74) is 0.899. The van der Waals surface area contributed by atoms with E-state index in [9.17, 15) is 4.79 Å². The van der Waals surface area contributed by atoms with E-state index < -0.39 is 0 Å². The van der Waals surface area contributed by atoms with Gasteiger partial charge in [0.15, 0.2) is 0 Å². The Morgan fingerprint density at radius 1 is 1.63 bits per heavy atom. The van der Waals surface area contributed by atoms with Crippen molar-refractivity contribution in [2.75, 3.05) is 12.8 Å². The first-order chi connectivity index (χ1) is 9.29. The van der Waals surface area contributed by atoms with E-state index in [4.69, 9.17) is 0 Å². The highest BCUT2D eigenvalue weighted by molar-refractivity contribution is 7.99. The van der Waals surface area contributed by atoms with Gasteiger partial charge in [0.25, 0.3) is 0 Å². The summed E-state index contributed by atoms with van der Waals surface area (Å²) >= 11 is 1.78. The van der Waals surface area contributed by atoms with E-state index in [1.54, 1.807) is 18.0 Å². The first kappa shape index (κ1) is 14.3. The second-order valence-corrected chi connectivity index (χ2v) is 5.86. The van der Waals surface area contributed by atoms with Gasteiger partial charge in [-0.2, -0.15) is 11.8 Å². The monoisotopic (exact) mass is 279 g/mol. The second-order valence-electron chi connectivity index (χ2n) is 4.78. The molecule has 4 nitrogen and oxygen atoms in total. The smallest absolute Gasteiger partial charge is 0.221 e. The van der Waals surface area contributed by atoms with Crippen LogP contribution < -0.4 is 10.6 Å². The van der Waals surface area contributed by atoms with Crippen molar-refractivity contribution in [2.45, 2.75) is 37.1 Å². The van der Waals surface area contributed by atoms with E-state index in [0.717, 1.165) is 12.2 Å². The molecule has 2 heterocycles. The zero-order valence-electron chi connectivity index (χ0n) is 11.3. The van der Waals surface area contributed by atoms with Gasteiger partial charge in [-0.15, -0.1) is 0 Å². The topological polar surface area (TPSA) is 54.0 Å². The number of hydrogen-bond acceptors (Lipinski definition) is 4. The largest absolute Gasteiger partial charge is 0.350 e. The first-order valence-electron chi connectivity index (χ1n) is 6.72. The fraction of sp³-hybridized carbons (Fsp3) is 0.571. The predicted molar refractivity (Wildman–Crippen MR) is 79.0 cm³/mol. The molecule has 2 unspecified atom stereocenters. The van der Waals surface area contributed by atoms with Gasteiger partial charge >= 0.3 is 0 Å². The van der Waals surface area contributed by atoms with Gasteiger partial charge in [-0.05, 0) is 37.8 Å².